The maximum Gasteiger partial charge on any atom is 0.143 e. The summed E-state index contributed by atoms with van der Waals surface area (Å²) < 4.78 is 15.1. The SMILES string of the molecule is NCC(Cc1ccccc1)c1cccc(CNS(=O)c2cnc[nH]2)c1. The first kappa shape index (κ1) is 17.5. The highest BCUT2D eigenvalue weighted by Crippen LogP contribution is 2.21. The molecule has 25 heavy (non-hydrogen) atoms. The fraction of sp³-hybridized carbons (Fsp3) is 0.211. The Kier molecular flexibility index (Phi) is 6.11. The third-order valence-electron chi connectivity index (χ3n) is 4.11. The molecule has 4 N–H and O–H groups in total. The standard InChI is InChI=1S/C19H22N4OS/c20-11-18(9-15-5-2-1-3-6-15)17-8-4-7-16(10-17)12-23-25(24)19-13-21-14-22-19/h1-8,10,13-14,18,23H,9,11-12,20H2,(H,21,22). The molecule has 0 bridgehead atoms. The summed E-state index contributed by atoms with van der Waals surface area (Å²) in [6.45, 7) is 1.11. The number of hydrogen-bond donors (Lipinski definition) is 3. The molecule has 0 saturated heterocycles. The average molecular weight is 354 g/mol. The number of nitrogens with zero attached hydrogens (tertiary/aromatic N) is 1. The summed E-state index contributed by atoms with van der Waals surface area (Å²) in [6, 6.07) is 18.7. The third-order valence-corrected chi connectivity index (χ3v) is 5.14. The maximum atomic E-state index is 12.1. The molecule has 0 saturated carbocycles. The average Bonchev–Trinajstić information content (AvgIpc) is 3.20. The molecule has 2 unspecified atom stereocenters. The lowest BCUT2D eigenvalue weighted by molar-refractivity contribution is 0.668. The van der Waals surface area contributed by atoms with Crippen molar-refractivity contribution < 1.29 is 4.21 Å². The van der Waals surface area contributed by atoms with E-state index in [2.05, 4.69) is 39.0 Å². The van der Waals surface area contributed by atoms with E-state index in [0.717, 1.165) is 12.0 Å². The summed E-state index contributed by atoms with van der Waals surface area (Å²) >= 11 is 0. The molecule has 6 heteroatoms. The molecule has 0 aliphatic rings. The number of aromatic amines is 1. The van der Waals surface area contributed by atoms with Gasteiger partial charge < -0.3 is 10.7 Å². The molecule has 0 radical (unpaired) electrons. The zero-order valence-corrected chi connectivity index (χ0v) is 14.7. The van der Waals surface area contributed by atoms with Crippen LogP contribution in [-0.2, 0) is 24.0 Å². The fourth-order valence-electron chi connectivity index (χ4n) is 2.76. The molecule has 0 aliphatic heterocycles. The highest BCUT2D eigenvalue weighted by atomic mass is 32.2. The lowest BCUT2D eigenvalue weighted by Gasteiger charge is -2.16. The molecular formula is C19H22N4OS. The number of hydrogen-bond acceptors (Lipinski definition) is 3. The van der Waals surface area contributed by atoms with Gasteiger partial charge in [-0.3, -0.25) is 0 Å². The predicted octanol–water partition coefficient (Wildman–Crippen LogP) is 2.51. The molecule has 2 atom stereocenters. The second kappa shape index (κ2) is 8.71. The maximum absolute atomic E-state index is 12.1. The minimum absolute atomic E-state index is 0.264. The Morgan fingerprint density at radius 2 is 1.92 bits per heavy atom. The highest BCUT2D eigenvalue weighted by Gasteiger charge is 2.12. The number of nitrogens with two attached hydrogens (primary N) is 1. The largest absolute Gasteiger partial charge is 0.337 e. The summed E-state index contributed by atoms with van der Waals surface area (Å²) in [7, 11) is -1.30. The van der Waals surface area contributed by atoms with E-state index in [1.165, 1.54) is 17.5 Å². The molecule has 0 aliphatic carbocycles. The number of benzene rings is 2. The first-order valence-corrected chi connectivity index (χ1v) is 9.37. The van der Waals surface area contributed by atoms with Crippen LogP contribution >= 0.6 is 0 Å². The molecule has 1 aromatic heterocycles. The second-order valence-corrected chi connectivity index (χ2v) is 7.14. The van der Waals surface area contributed by atoms with E-state index >= 15 is 0 Å². The van der Waals surface area contributed by atoms with Gasteiger partial charge in [-0.15, -0.1) is 0 Å². The molecule has 3 aromatic rings. The Morgan fingerprint density at radius 3 is 2.64 bits per heavy atom. The highest BCUT2D eigenvalue weighted by molar-refractivity contribution is 7.82. The lowest BCUT2D eigenvalue weighted by Crippen LogP contribution is -2.18. The van der Waals surface area contributed by atoms with Crippen LogP contribution in [0.5, 0.6) is 0 Å². The van der Waals surface area contributed by atoms with Gasteiger partial charge in [-0.1, -0.05) is 54.6 Å². The van der Waals surface area contributed by atoms with Gasteiger partial charge in [-0.05, 0) is 29.7 Å². The molecule has 0 amide bonds. The Hall–Kier alpha value is -2.28. The van der Waals surface area contributed by atoms with E-state index in [1.807, 2.05) is 30.3 Å². The van der Waals surface area contributed by atoms with E-state index in [-0.39, 0.29) is 5.92 Å². The van der Waals surface area contributed by atoms with Gasteiger partial charge in [0.15, 0.2) is 0 Å². The van der Waals surface area contributed by atoms with Crippen molar-refractivity contribution >= 4 is 11.0 Å². The second-order valence-electron chi connectivity index (χ2n) is 5.87. The van der Waals surface area contributed by atoms with Crippen molar-refractivity contribution in [1.82, 2.24) is 14.7 Å². The van der Waals surface area contributed by atoms with Crippen molar-refractivity contribution in [3.05, 3.63) is 83.8 Å². The van der Waals surface area contributed by atoms with Crippen molar-refractivity contribution in [2.45, 2.75) is 23.9 Å². The molecule has 3 rings (SSSR count). The molecule has 0 spiro atoms. The minimum Gasteiger partial charge on any atom is -0.337 e. The number of nitrogens with one attached hydrogen (secondary N) is 2. The van der Waals surface area contributed by atoms with Crippen molar-refractivity contribution in [2.75, 3.05) is 6.54 Å². The number of aromatic nitrogens is 2. The summed E-state index contributed by atoms with van der Waals surface area (Å²) in [6.07, 6.45) is 3.99. The minimum atomic E-state index is -1.30. The summed E-state index contributed by atoms with van der Waals surface area (Å²) in [5.41, 5.74) is 9.58. The van der Waals surface area contributed by atoms with Gasteiger partial charge in [0.1, 0.15) is 16.0 Å². The first-order valence-electron chi connectivity index (χ1n) is 8.22. The van der Waals surface area contributed by atoms with Crippen LogP contribution in [0.2, 0.25) is 0 Å². The number of H-pyrrole nitrogens is 1. The van der Waals surface area contributed by atoms with Crippen LogP contribution in [0.1, 0.15) is 22.6 Å². The normalized spacial score (nSPS) is 13.5. The number of rotatable bonds is 8. The predicted molar refractivity (Wildman–Crippen MR) is 100 cm³/mol. The first-order chi connectivity index (χ1) is 12.3. The third kappa shape index (κ3) is 4.85. The van der Waals surface area contributed by atoms with Crippen LogP contribution in [-0.4, -0.2) is 20.7 Å². The molecule has 2 aromatic carbocycles. The van der Waals surface area contributed by atoms with Gasteiger partial charge in [0, 0.05) is 12.5 Å². The van der Waals surface area contributed by atoms with Gasteiger partial charge in [0.25, 0.3) is 0 Å². The van der Waals surface area contributed by atoms with Crippen molar-refractivity contribution in [3.8, 4) is 0 Å². The molecular weight excluding hydrogens is 332 g/mol. The van der Waals surface area contributed by atoms with E-state index in [0.29, 0.717) is 18.1 Å². The topological polar surface area (TPSA) is 83.8 Å². The zero-order chi connectivity index (χ0) is 17.5. The molecule has 1 heterocycles. The fourth-order valence-corrected chi connectivity index (χ4v) is 3.53. The van der Waals surface area contributed by atoms with E-state index < -0.39 is 11.0 Å². The number of imidazole rings is 1. The van der Waals surface area contributed by atoms with E-state index in [4.69, 9.17) is 5.73 Å². The van der Waals surface area contributed by atoms with Crippen LogP contribution in [0.15, 0.2) is 72.1 Å². The summed E-state index contributed by atoms with van der Waals surface area (Å²) in [4.78, 5) is 6.73. The summed E-state index contributed by atoms with van der Waals surface area (Å²) in [5.74, 6) is 0.264. The Balaban J connectivity index is 1.66. The Morgan fingerprint density at radius 1 is 1.12 bits per heavy atom. The molecule has 5 nitrogen and oxygen atoms in total. The van der Waals surface area contributed by atoms with Crippen molar-refractivity contribution in [3.63, 3.8) is 0 Å². The Bertz CT molecular complexity index is 805. The summed E-state index contributed by atoms with van der Waals surface area (Å²) in [5, 5.41) is 0.570. The van der Waals surface area contributed by atoms with Crippen LogP contribution in [0.4, 0.5) is 0 Å². The van der Waals surface area contributed by atoms with Crippen LogP contribution < -0.4 is 10.5 Å². The van der Waals surface area contributed by atoms with E-state index in [1.54, 1.807) is 6.20 Å². The van der Waals surface area contributed by atoms with Crippen molar-refractivity contribution in [2.24, 2.45) is 5.73 Å². The molecule has 0 fully saturated rings. The smallest absolute Gasteiger partial charge is 0.143 e. The molecule has 130 valence electrons. The van der Waals surface area contributed by atoms with Gasteiger partial charge in [0.05, 0.1) is 12.5 Å². The zero-order valence-electron chi connectivity index (χ0n) is 13.9. The van der Waals surface area contributed by atoms with Crippen LogP contribution in [0.3, 0.4) is 0 Å². The van der Waals surface area contributed by atoms with Crippen molar-refractivity contribution in [1.29, 1.82) is 0 Å². The quantitative estimate of drug-likeness (QED) is 0.581. The van der Waals surface area contributed by atoms with Gasteiger partial charge in [-0.2, -0.15) is 0 Å². The van der Waals surface area contributed by atoms with Gasteiger partial charge in [0.2, 0.25) is 0 Å². The Labute approximate surface area is 150 Å². The lowest BCUT2D eigenvalue weighted by atomic mass is 9.91. The van der Waals surface area contributed by atoms with E-state index in [9.17, 15) is 4.21 Å². The monoisotopic (exact) mass is 354 g/mol. The van der Waals surface area contributed by atoms with Gasteiger partial charge >= 0.3 is 0 Å². The van der Waals surface area contributed by atoms with Crippen LogP contribution in [0.25, 0.3) is 0 Å². The van der Waals surface area contributed by atoms with Crippen LogP contribution in [0, 0.1) is 0 Å². The van der Waals surface area contributed by atoms with Gasteiger partial charge in [-0.25, -0.2) is 13.9 Å².